The molecule has 0 radical (unpaired) electrons. The third kappa shape index (κ3) is 3.21. The van der Waals surface area contributed by atoms with E-state index >= 15 is 0 Å². The molecule has 0 bridgehead atoms. The summed E-state index contributed by atoms with van der Waals surface area (Å²) in [7, 11) is 3.16. The van der Waals surface area contributed by atoms with Gasteiger partial charge in [-0.25, -0.2) is 4.98 Å². The fraction of sp³-hybridized carbons (Fsp3) is 0.385. The van der Waals surface area contributed by atoms with Crippen LogP contribution in [-0.4, -0.2) is 35.7 Å². The number of imidazole rings is 1. The second-order valence-corrected chi connectivity index (χ2v) is 5.02. The van der Waals surface area contributed by atoms with Crippen molar-refractivity contribution in [2.45, 2.75) is 19.0 Å². The van der Waals surface area contributed by atoms with Gasteiger partial charge in [-0.2, -0.15) is 0 Å². The van der Waals surface area contributed by atoms with Crippen molar-refractivity contribution in [3.05, 3.63) is 29.9 Å². The standard InChI is InChI=1S/C13H17N3O2S/c1-14-10(13(17)18-2)5-7-16-8-6-15-12(16)11-4-3-9-19-11/h3-4,6,8-10,14H,5,7H2,1-2H3. The molecule has 0 fully saturated rings. The molecule has 0 saturated heterocycles. The highest BCUT2D eigenvalue weighted by molar-refractivity contribution is 7.13. The van der Waals surface area contributed by atoms with Crippen LogP contribution in [0.15, 0.2) is 29.9 Å². The van der Waals surface area contributed by atoms with Crippen LogP contribution < -0.4 is 5.32 Å². The predicted molar refractivity (Wildman–Crippen MR) is 75.0 cm³/mol. The average Bonchev–Trinajstić information content (AvgIpc) is 3.09. The number of nitrogens with zero attached hydrogens (tertiary/aromatic N) is 2. The van der Waals surface area contributed by atoms with Gasteiger partial charge in [-0.1, -0.05) is 6.07 Å². The Labute approximate surface area is 116 Å². The monoisotopic (exact) mass is 279 g/mol. The van der Waals surface area contributed by atoms with Gasteiger partial charge in [0.2, 0.25) is 0 Å². The molecule has 6 heteroatoms. The van der Waals surface area contributed by atoms with E-state index in [-0.39, 0.29) is 12.0 Å². The van der Waals surface area contributed by atoms with Crippen molar-refractivity contribution in [2.24, 2.45) is 0 Å². The molecule has 2 aromatic rings. The van der Waals surface area contributed by atoms with Crippen LogP contribution in [0, 0.1) is 0 Å². The van der Waals surface area contributed by atoms with Gasteiger partial charge in [0.1, 0.15) is 11.9 Å². The summed E-state index contributed by atoms with van der Waals surface area (Å²) in [4.78, 5) is 17.0. The maximum absolute atomic E-state index is 11.5. The first-order chi connectivity index (χ1) is 9.26. The normalized spacial score (nSPS) is 12.3. The molecule has 102 valence electrons. The Morgan fingerprint density at radius 3 is 3.11 bits per heavy atom. The number of esters is 1. The molecule has 2 aromatic heterocycles. The summed E-state index contributed by atoms with van der Waals surface area (Å²) in [5, 5.41) is 4.99. The number of thiophene rings is 1. The molecule has 0 aromatic carbocycles. The number of aromatic nitrogens is 2. The van der Waals surface area contributed by atoms with Crippen LogP contribution in [0.1, 0.15) is 6.42 Å². The van der Waals surface area contributed by atoms with Gasteiger partial charge >= 0.3 is 5.97 Å². The molecule has 19 heavy (non-hydrogen) atoms. The zero-order valence-corrected chi connectivity index (χ0v) is 11.8. The number of rotatable bonds is 6. The van der Waals surface area contributed by atoms with Crippen molar-refractivity contribution >= 4 is 17.3 Å². The zero-order valence-electron chi connectivity index (χ0n) is 11.0. The van der Waals surface area contributed by atoms with Crippen LogP contribution in [0.2, 0.25) is 0 Å². The smallest absolute Gasteiger partial charge is 0.322 e. The van der Waals surface area contributed by atoms with Gasteiger partial charge in [-0.3, -0.25) is 4.79 Å². The Kier molecular flexibility index (Phi) is 4.70. The van der Waals surface area contributed by atoms with E-state index < -0.39 is 0 Å². The van der Waals surface area contributed by atoms with E-state index in [1.807, 2.05) is 23.7 Å². The Morgan fingerprint density at radius 1 is 1.63 bits per heavy atom. The lowest BCUT2D eigenvalue weighted by molar-refractivity contribution is -0.143. The van der Waals surface area contributed by atoms with E-state index in [9.17, 15) is 4.79 Å². The van der Waals surface area contributed by atoms with Gasteiger partial charge in [-0.05, 0) is 24.9 Å². The van der Waals surface area contributed by atoms with E-state index in [4.69, 9.17) is 4.74 Å². The second kappa shape index (κ2) is 6.49. The number of carbonyl (C=O) groups excluding carboxylic acids is 1. The molecule has 2 rings (SSSR count). The van der Waals surface area contributed by atoms with E-state index in [0.717, 1.165) is 10.7 Å². The van der Waals surface area contributed by atoms with Crippen LogP contribution >= 0.6 is 11.3 Å². The first-order valence-electron chi connectivity index (χ1n) is 6.06. The summed E-state index contributed by atoms with van der Waals surface area (Å²) in [5.41, 5.74) is 0. The van der Waals surface area contributed by atoms with Crippen LogP contribution in [-0.2, 0) is 16.1 Å². The first kappa shape index (κ1) is 13.8. The molecule has 2 heterocycles. The first-order valence-corrected chi connectivity index (χ1v) is 6.94. The average molecular weight is 279 g/mol. The highest BCUT2D eigenvalue weighted by Gasteiger charge is 2.17. The molecule has 0 spiro atoms. The minimum atomic E-state index is -0.288. The van der Waals surface area contributed by atoms with Crippen molar-refractivity contribution < 1.29 is 9.53 Å². The molecule has 0 aliphatic rings. The highest BCUT2D eigenvalue weighted by Crippen LogP contribution is 2.23. The minimum absolute atomic E-state index is 0.236. The highest BCUT2D eigenvalue weighted by atomic mass is 32.1. The van der Waals surface area contributed by atoms with Crippen molar-refractivity contribution in [2.75, 3.05) is 14.2 Å². The number of nitrogens with one attached hydrogen (secondary N) is 1. The van der Waals surface area contributed by atoms with Gasteiger partial charge in [0, 0.05) is 18.9 Å². The van der Waals surface area contributed by atoms with Crippen LogP contribution in [0.4, 0.5) is 0 Å². The van der Waals surface area contributed by atoms with E-state index in [2.05, 4.69) is 14.9 Å². The number of likely N-dealkylation sites (N-methyl/N-ethyl adjacent to an activating group) is 1. The quantitative estimate of drug-likeness (QED) is 0.819. The van der Waals surface area contributed by atoms with Crippen molar-refractivity contribution in [1.82, 2.24) is 14.9 Å². The van der Waals surface area contributed by atoms with Gasteiger partial charge < -0.3 is 14.6 Å². The van der Waals surface area contributed by atoms with Crippen molar-refractivity contribution in [1.29, 1.82) is 0 Å². The number of hydrogen-bond donors (Lipinski definition) is 1. The molecule has 0 aliphatic heterocycles. The molecular weight excluding hydrogens is 262 g/mol. The van der Waals surface area contributed by atoms with E-state index in [1.165, 1.54) is 7.11 Å². The zero-order chi connectivity index (χ0) is 13.7. The maximum Gasteiger partial charge on any atom is 0.322 e. The minimum Gasteiger partial charge on any atom is -0.468 e. The van der Waals surface area contributed by atoms with E-state index in [1.54, 1.807) is 24.6 Å². The number of methoxy groups -OCH3 is 1. The second-order valence-electron chi connectivity index (χ2n) is 4.07. The number of aryl methyl sites for hydroxylation is 1. The molecule has 1 atom stereocenters. The van der Waals surface area contributed by atoms with Crippen LogP contribution in [0.3, 0.4) is 0 Å². The molecular formula is C13H17N3O2S. The van der Waals surface area contributed by atoms with Crippen LogP contribution in [0.25, 0.3) is 10.7 Å². The lowest BCUT2D eigenvalue weighted by atomic mass is 10.2. The lowest BCUT2D eigenvalue weighted by Gasteiger charge is -2.14. The molecule has 1 N–H and O–H groups in total. The molecule has 5 nitrogen and oxygen atoms in total. The Morgan fingerprint density at radius 2 is 2.47 bits per heavy atom. The summed E-state index contributed by atoms with van der Waals surface area (Å²) in [6.07, 6.45) is 4.37. The molecule has 0 aliphatic carbocycles. The number of ether oxygens (including phenoxy) is 1. The third-order valence-electron chi connectivity index (χ3n) is 2.95. The SMILES string of the molecule is CNC(CCn1ccnc1-c1cccs1)C(=O)OC. The molecule has 0 saturated carbocycles. The number of carbonyl (C=O) groups is 1. The van der Waals surface area contributed by atoms with E-state index in [0.29, 0.717) is 13.0 Å². The summed E-state index contributed by atoms with van der Waals surface area (Å²) < 4.78 is 6.81. The van der Waals surface area contributed by atoms with Crippen molar-refractivity contribution in [3.8, 4) is 10.7 Å². The topological polar surface area (TPSA) is 56.2 Å². The Bertz CT molecular complexity index is 522. The van der Waals surface area contributed by atoms with Gasteiger partial charge in [0.15, 0.2) is 0 Å². The molecule has 1 unspecified atom stereocenters. The maximum atomic E-state index is 11.5. The Balaban J connectivity index is 2.04. The van der Waals surface area contributed by atoms with Crippen LogP contribution in [0.5, 0.6) is 0 Å². The molecule has 0 amide bonds. The predicted octanol–water partition coefficient (Wildman–Crippen LogP) is 1.76. The fourth-order valence-electron chi connectivity index (χ4n) is 1.91. The fourth-order valence-corrected chi connectivity index (χ4v) is 2.65. The van der Waals surface area contributed by atoms with Gasteiger partial charge in [-0.15, -0.1) is 11.3 Å². The van der Waals surface area contributed by atoms with Crippen molar-refractivity contribution in [3.63, 3.8) is 0 Å². The summed E-state index contributed by atoms with van der Waals surface area (Å²) in [6.45, 7) is 0.716. The third-order valence-corrected chi connectivity index (χ3v) is 3.82. The van der Waals surface area contributed by atoms with Gasteiger partial charge in [0.05, 0.1) is 12.0 Å². The summed E-state index contributed by atoms with van der Waals surface area (Å²) in [5.74, 6) is 0.704. The Hall–Kier alpha value is -1.66. The summed E-state index contributed by atoms with van der Waals surface area (Å²) >= 11 is 1.66. The number of hydrogen-bond acceptors (Lipinski definition) is 5. The lowest BCUT2D eigenvalue weighted by Crippen LogP contribution is -2.35. The van der Waals surface area contributed by atoms with Gasteiger partial charge in [0.25, 0.3) is 0 Å². The largest absolute Gasteiger partial charge is 0.468 e. The summed E-state index contributed by atoms with van der Waals surface area (Å²) in [6, 6.07) is 3.76.